The van der Waals surface area contributed by atoms with Crippen LogP contribution in [0.3, 0.4) is 0 Å². The van der Waals surface area contributed by atoms with Crippen molar-refractivity contribution >= 4 is 34.5 Å². The molecule has 0 saturated heterocycles. The number of benzene rings is 1. The zero-order valence-corrected chi connectivity index (χ0v) is 11.8. The molecule has 1 nitrogen and oxygen atoms in total. The Labute approximate surface area is 115 Å². The second kappa shape index (κ2) is 5.87. The third-order valence-corrected chi connectivity index (χ3v) is 4.03. The summed E-state index contributed by atoms with van der Waals surface area (Å²) >= 11 is 13.8. The molecule has 0 bridgehead atoms. The van der Waals surface area contributed by atoms with Crippen LogP contribution in [0.25, 0.3) is 10.4 Å². The van der Waals surface area contributed by atoms with Gasteiger partial charge in [-0.25, -0.2) is 0 Å². The van der Waals surface area contributed by atoms with E-state index in [1.807, 2.05) is 18.2 Å². The van der Waals surface area contributed by atoms with Crippen molar-refractivity contribution < 1.29 is 0 Å². The fourth-order valence-electron chi connectivity index (χ4n) is 1.60. The van der Waals surface area contributed by atoms with Crippen LogP contribution in [0.15, 0.2) is 30.3 Å². The van der Waals surface area contributed by atoms with Crippen LogP contribution in [0.2, 0.25) is 9.36 Å². The highest BCUT2D eigenvalue weighted by Gasteiger charge is 2.07. The summed E-state index contributed by atoms with van der Waals surface area (Å²) in [7, 11) is 0. The molecule has 0 unspecified atom stereocenters. The molecule has 0 radical (unpaired) electrons. The van der Waals surface area contributed by atoms with E-state index in [2.05, 4.69) is 24.4 Å². The van der Waals surface area contributed by atoms with Crippen molar-refractivity contribution in [3.05, 3.63) is 45.3 Å². The van der Waals surface area contributed by atoms with Gasteiger partial charge in [-0.15, -0.1) is 11.3 Å². The molecule has 0 spiro atoms. The van der Waals surface area contributed by atoms with Crippen molar-refractivity contribution in [3.63, 3.8) is 0 Å². The first-order valence-corrected chi connectivity index (χ1v) is 7.03. The molecule has 0 atom stereocenters. The fraction of sp³-hybridized carbons (Fsp3) is 0.231. The Morgan fingerprint density at radius 3 is 2.59 bits per heavy atom. The predicted octanol–water partition coefficient (Wildman–Crippen LogP) is 4.83. The van der Waals surface area contributed by atoms with E-state index < -0.39 is 0 Å². The fourth-order valence-corrected chi connectivity index (χ4v) is 3.04. The smallest absolute Gasteiger partial charge is 0.0934 e. The molecule has 90 valence electrons. The number of hydrogen-bond donors (Lipinski definition) is 1. The van der Waals surface area contributed by atoms with Crippen molar-refractivity contribution in [1.29, 1.82) is 0 Å². The summed E-state index contributed by atoms with van der Waals surface area (Å²) in [4.78, 5) is 1.11. The van der Waals surface area contributed by atoms with Crippen LogP contribution in [0.5, 0.6) is 0 Å². The third-order valence-electron chi connectivity index (χ3n) is 2.45. The highest BCUT2D eigenvalue weighted by molar-refractivity contribution is 7.19. The highest BCUT2D eigenvalue weighted by Crippen LogP contribution is 2.35. The van der Waals surface area contributed by atoms with Gasteiger partial charge in [0.15, 0.2) is 0 Å². The van der Waals surface area contributed by atoms with E-state index in [0.29, 0.717) is 0 Å². The lowest BCUT2D eigenvalue weighted by Gasteiger charge is -2.06. The number of hydrogen-bond acceptors (Lipinski definition) is 2. The number of rotatable bonds is 4. The molecule has 1 heterocycles. The molecule has 1 N–H and O–H groups in total. The molecule has 0 aliphatic heterocycles. The molecule has 2 aromatic rings. The maximum absolute atomic E-state index is 6.29. The molecule has 4 heteroatoms. The second-order valence-corrected chi connectivity index (χ2v) is 5.82. The molecular weight excluding hydrogens is 273 g/mol. The maximum atomic E-state index is 6.29. The van der Waals surface area contributed by atoms with Crippen molar-refractivity contribution in [2.75, 3.05) is 6.54 Å². The Bertz CT molecular complexity index is 508. The van der Waals surface area contributed by atoms with E-state index in [9.17, 15) is 0 Å². The first kappa shape index (κ1) is 12.9. The van der Waals surface area contributed by atoms with E-state index in [-0.39, 0.29) is 0 Å². The van der Waals surface area contributed by atoms with Gasteiger partial charge >= 0.3 is 0 Å². The summed E-state index contributed by atoms with van der Waals surface area (Å²) in [6.07, 6.45) is 0. The largest absolute Gasteiger partial charge is 0.313 e. The minimum Gasteiger partial charge on any atom is -0.313 e. The van der Waals surface area contributed by atoms with Gasteiger partial charge in [0.1, 0.15) is 0 Å². The van der Waals surface area contributed by atoms with Crippen molar-refractivity contribution in [3.8, 4) is 10.4 Å². The van der Waals surface area contributed by atoms with E-state index in [1.165, 1.54) is 5.56 Å². The van der Waals surface area contributed by atoms with Crippen LogP contribution in [-0.2, 0) is 6.54 Å². The van der Waals surface area contributed by atoms with Gasteiger partial charge in [-0.05, 0) is 30.3 Å². The predicted molar refractivity (Wildman–Crippen MR) is 77.2 cm³/mol. The maximum Gasteiger partial charge on any atom is 0.0934 e. The Hall–Kier alpha value is -0.540. The molecule has 17 heavy (non-hydrogen) atoms. The van der Waals surface area contributed by atoms with Gasteiger partial charge < -0.3 is 5.32 Å². The van der Waals surface area contributed by atoms with Crippen LogP contribution in [0, 0.1) is 0 Å². The van der Waals surface area contributed by atoms with Crippen LogP contribution in [0.4, 0.5) is 0 Å². The Kier molecular flexibility index (Phi) is 4.46. The standard InChI is InChI=1S/C13H13Cl2NS/c1-2-16-8-9-3-4-10(11(14)7-9)12-5-6-13(15)17-12/h3-7,16H,2,8H2,1H3. The average Bonchev–Trinajstić information content (AvgIpc) is 2.73. The first-order valence-electron chi connectivity index (χ1n) is 5.45. The second-order valence-electron chi connectivity index (χ2n) is 3.70. The highest BCUT2D eigenvalue weighted by atomic mass is 35.5. The summed E-state index contributed by atoms with van der Waals surface area (Å²) in [6.45, 7) is 3.89. The molecule has 0 amide bonds. The Balaban J connectivity index is 2.25. The lowest BCUT2D eigenvalue weighted by molar-refractivity contribution is 0.727. The molecule has 1 aromatic carbocycles. The van der Waals surface area contributed by atoms with Gasteiger partial charge in [0.05, 0.1) is 4.34 Å². The molecule has 0 fully saturated rings. The van der Waals surface area contributed by atoms with Gasteiger partial charge in [-0.1, -0.05) is 42.3 Å². The van der Waals surface area contributed by atoms with Crippen LogP contribution in [0.1, 0.15) is 12.5 Å². The summed E-state index contributed by atoms with van der Waals surface area (Å²) in [5.74, 6) is 0. The normalized spacial score (nSPS) is 10.8. The summed E-state index contributed by atoms with van der Waals surface area (Å²) in [5, 5.41) is 4.05. The quantitative estimate of drug-likeness (QED) is 0.848. The van der Waals surface area contributed by atoms with E-state index in [1.54, 1.807) is 11.3 Å². The van der Waals surface area contributed by atoms with Crippen LogP contribution < -0.4 is 5.32 Å². The summed E-state index contributed by atoms with van der Waals surface area (Å²) < 4.78 is 0.785. The van der Waals surface area contributed by atoms with Crippen molar-refractivity contribution in [2.24, 2.45) is 0 Å². The molecule has 0 aliphatic carbocycles. The topological polar surface area (TPSA) is 12.0 Å². The Morgan fingerprint density at radius 2 is 2.00 bits per heavy atom. The van der Waals surface area contributed by atoms with E-state index >= 15 is 0 Å². The third kappa shape index (κ3) is 3.23. The lowest BCUT2D eigenvalue weighted by atomic mass is 10.1. The van der Waals surface area contributed by atoms with Gasteiger partial charge in [0, 0.05) is 22.0 Å². The average molecular weight is 286 g/mol. The van der Waals surface area contributed by atoms with Crippen LogP contribution in [-0.4, -0.2) is 6.54 Å². The minimum atomic E-state index is 0.777. The molecule has 0 saturated carbocycles. The molecule has 1 aromatic heterocycles. The van der Waals surface area contributed by atoms with Crippen molar-refractivity contribution in [2.45, 2.75) is 13.5 Å². The number of thiophene rings is 1. The molecular formula is C13H13Cl2NS. The molecule has 0 aliphatic rings. The lowest BCUT2D eigenvalue weighted by Crippen LogP contribution is -2.11. The minimum absolute atomic E-state index is 0.777. The van der Waals surface area contributed by atoms with Crippen molar-refractivity contribution in [1.82, 2.24) is 5.32 Å². The zero-order valence-electron chi connectivity index (χ0n) is 9.47. The summed E-state index contributed by atoms with van der Waals surface area (Å²) in [6, 6.07) is 10.0. The van der Waals surface area contributed by atoms with Gasteiger partial charge in [0.2, 0.25) is 0 Å². The summed E-state index contributed by atoms with van der Waals surface area (Å²) in [5.41, 5.74) is 2.24. The van der Waals surface area contributed by atoms with Gasteiger partial charge in [-0.3, -0.25) is 0 Å². The van der Waals surface area contributed by atoms with Gasteiger partial charge in [0.25, 0.3) is 0 Å². The van der Waals surface area contributed by atoms with Gasteiger partial charge in [-0.2, -0.15) is 0 Å². The molecule has 2 rings (SSSR count). The Morgan fingerprint density at radius 1 is 1.18 bits per heavy atom. The number of nitrogens with one attached hydrogen (secondary N) is 1. The monoisotopic (exact) mass is 285 g/mol. The van der Waals surface area contributed by atoms with E-state index in [0.717, 1.165) is 32.9 Å². The van der Waals surface area contributed by atoms with E-state index in [4.69, 9.17) is 23.2 Å². The number of halogens is 2. The first-order chi connectivity index (χ1) is 8.20. The van der Waals surface area contributed by atoms with Crippen LogP contribution >= 0.6 is 34.5 Å². The SMILES string of the molecule is CCNCc1ccc(-c2ccc(Cl)s2)c(Cl)c1. The zero-order chi connectivity index (χ0) is 12.3.